The van der Waals surface area contributed by atoms with Crippen LogP contribution in [0.2, 0.25) is 0 Å². The largest absolute Gasteiger partial charge is 0.367 e. The number of rotatable bonds is 3. The first-order chi connectivity index (χ1) is 11.9. The van der Waals surface area contributed by atoms with Gasteiger partial charge in [-0.3, -0.25) is 4.79 Å². The Bertz CT molecular complexity index is 731. The number of halogens is 1. The number of nitrogens with zero attached hydrogens (tertiary/aromatic N) is 1. The van der Waals surface area contributed by atoms with Crippen LogP contribution in [-0.2, 0) is 15.1 Å². The van der Waals surface area contributed by atoms with E-state index >= 15 is 0 Å². The Labute approximate surface area is 147 Å². The molecule has 1 saturated heterocycles. The summed E-state index contributed by atoms with van der Waals surface area (Å²) in [4.78, 5) is 14.8. The Morgan fingerprint density at radius 2 is 1.80 bits per heavy atom. The molecule has 0 aliphatic carbocycles. The number of hydrogen-bond acceptors (Lipinski definition) is 3. The van der Waals surface area contributed by atoms with Crippen LogP contribution >= 0.6 is 0 Å². The molecule has 3 unspecified atom stereocenters. The van der Waals surface area contributed by atoms with Crippen molar-refractivity contribution in [2.45, 2.75) is 31.6 Å². The number of hydrogen-bond donors (Lipinski definition) is 1. The van der Waals surface area contributed by atoms with Crippen molar-refractivity contribution in [3.63, 3.8) is 0 Å². The highest BCUT2D eigenvalue weighted by Gasteiger charge is 2.38. The standard InChI is InChI=1S/C20H23FN2O2/c1-14-12-23(13-18(25-14)15-8-10-17(21)11-9-15)19(24)20(2,22)16-6-4-3-5-7-16/h3-11,14,18H,12-13,22H2,1-2H3. The average Bonchev–Trinajstić information content (AvgIpc) is 2.62. The zero-order chi connectivity index (χ0) is 18.0. The Kier molecular flexibility index (Phi) is 4.88. The van der Waals surface area contributed by atoms with E-state index in [0.717, 1.165) is 11.1 Å². The molecule has 1 amide bonds. The van der Waals surface area contributed by atoms with Crippen molar-refractivity contribution >= 4 is 5.91 Å². The molecule has 2 aromatic rings. The van der Waals surface area contributed by atoms with Crippen molar-refractivity contribution in [2.75, 3.05) is 13.1 Å². The molecule has 0 bridgehead atoms. The predicted molar refractivity (Wildman–Crippen MR) is 94.2 cm³/mol. The number of benzene rings is 2. The Balaban J connectivity index is 1.81. The summed E-state index contributed by atoms with van der Waals surface area (Å²) in [7, 11) is 0. The molecule has 0 saturated carbocycles. The molecule has 2 N–H and O–H groups in total. The van der Waals surface area contributed by atoms with Gasteiger partial charge in [-0.05, 0) is 37.1 Å². The molecule has 3 rings (SSSR count). The highest BCUT2D eigenvalue weighted by molar-refractivity contribution is 5.87. The van der Waals surface area contributed by atoms with Crippen molar-refractivity contribution in [1.82, 2.24) is 4.90 Å². The Hall–Kier alpha value is -2.24. The number of carbonyl (C=O) groups is 1. The van der Waals surface area contributed by atoms with Crippen LogP contribution < -0.4 is 5.73 Å². The van der Waals surface area contributed by atoms with E-state index in [9.17, 15) is 9.18 Å². The van der Waals surface area contributed by atoms with Gasteiger partial charge in [0, 0.05) is 6.54 Å². The van der Waals surface area contributed by atoms with Gasteiger partial charge in [-0.2, -0.15) is 0 Å². The third kappa shape index (κ3) is 3.72. The molecule has 3 atom stereocenters. The molecule has 0 radical (unpaired) electrons. The summed E-state index contributed by atoms with van der Waals surface area (Å²) in [6.45, 7) is 4.54. The van der Waals surface area contributed by atoms with Gasteiger partial charge in [0.15, 0.2) is 0 Å². The summed E-state index contributed by atoms with van der Waals surface area (Å²) < 4.78 is 19.1. The third-order valence-corrected chi connectivity index (χ3v) is 4.61. The fourth-order valence-electron chi connectivity index (χ4n) is 3.22. The topological polar surface area (TPSA) is 55.6 Å². The minimum absolute atomic E-state index is 0.126. The van der Waals surface area contributed by atoms with E-state index in [1.807, 2.05) is 37.3 Å². The van der Waals surface area contributed by atoms with Crippen LogP contribution in [-0.4, -0.2) is 30.0 Å². The molecule has 2 aromatic carbocycles. The van der Waals surface area contributed by atoms with Crippen molar-refractivity contribution in [3.8, 4) is 0 Å². The summed E-state index contributed by atoms with van der Waals surface area (Å²) in [5, 5.41) is 0. The lowest BCUT2D eigenvalue weighted by molar-refractivity contribution is -0.150. The normalized spacial score (nSPS) is 23.1. The number of amides is 1. The van der Waals surface area contributed by atoms with Crippen LogP contribution in [0.1, 0.15) is 31.1 Å². The van der Waals surface area contributed by atoms with Crippen molar-refractivity contribution in [1.29, 1.82) is 0 Å². The minimum atomic E-state index is -1.11. The van der Waals surface area contributed by atoms with E-state index in [-0.39, 0.29) is 23.9 Å². The second-order valence-electron chi connectivity index (χ2n) is 6.77. The SMILES string of the molecule is CC1CN(C(=O)C(C)(N)c2ccccc2)CC(c2ccc(F)cc2)O1. The summed E-state index contributed by atoms with van der Waals surface area (Å²) in [5.74, 6) is -0.430. The van der Waals surface area contributed by atoms with E-state index in [1.54, 1.807) is 24.0 Å². The second-order valence-corrected chi connectivity index (χ2v) is 6.77. The summed E-state index contributed by atoms with van der Waals surface area (Å²) in [6.07, 6.45) is -0.417. The first kappa shape index (κ1) is 17.6. The molecule has 4 nitrogen and oxygen atoms in total. The molecule has 132 valence electrons. The van der Waals surface area contributed by atoms with Crippen molar-refractivity contribution in [3.05, 3.63) is 71.5 Å². The summed E-state index contributed by atoms with van der Waals surface area (Å²) in [5.41, 5.74) is 6.90. The summed E-state index contributed by atoms with van der Waals surface area (Å²) in [6, 6.07) is 15.6. The quantitative estimate of drug-likeness (QED) is 0.933. The lowest BCUT2D eigenvalue weighted by Crippen LogP contribution is -2.55. The van der Waals surface area contributed by atoms with E-state index in [0.29, 0.717) is 13.1 Å². The molecule has 5 heteroatoms. The third-order valence-electron chi connectivity index (χ3n) is 4.61. The smallest absolute Gasteiger partial charge is 0.247 e. The molecule has 1 heterocycles. The van der Waals surface area contributed by atoms with E-state index in [4.69, 9.17) is 10.5 Å². The first-order valence-corrected chi connectivity index (χ1v) is 8.42. The van der Waals surface area contributed by atoms with Gasteiger partial charge in [-0.25, -0.2) is 4.39 Å². The van der Waals surface area contributed by atoms with Gasteiger partial charge in [-0.15, -0.1) is 0 Å². The molecule has 0 aromatic heterocycles. The van der Waals surface area contributed by atoms with Gasteiger partial charge >= 0.3 is 0 Å². The van der Waals surface area contributed by atoms with Crippen LogP contribution in [0.25, 0.3) is 0 Å². The van der Waals surface area contributed by atoms with Crippen LogP contribution in [0.3, 0.4) is 0 Å². The maximum atomic E-state index is 13.2. The molecule has 1 aliphatic heterocycles. The predicted octanol–water partition coefficient (Wildman–Crippen LogP) is 2.99. The van der Waals surface area contributed by atoms with Gasteiger partial charge in [-0.1, -0.05) is 42.5 Å². The van der Waals surface area contributed by atoms with Gasteiger partial charge in [0.2, 0.25) is 5.91 Å². The molecule has 0 spiro atoms. The fraction of sp³-hybridized carbons (Fsp3) is 0.350. The highest BCUT2D eigenvalue weighted by Crippen LogP contribution is 2.28. The number of nitrogens with two attached hydrogens (primary N) is 1. The Morgan fingerprint density at radius 3 is 2.44 bits per heavy atom. The van der Waals surface area contributed by atoms with Crippen LogP contribution in [0.15, 0.2) is 54.6 Å². The minimum Gasteiger partial charge on any atom is -0.367 e. The zero-order valence-corrected chi connectivity index (χ0v) is 14.5. The number of morpholine rings is 1. The molecular formula is C20H23FN2O2. The fourth-order valence-corrected chi connectivity index (χ4v) is 3.22. The van der Waals surface area contributed by atoms with Crippen molar-refractivity contribution in [2.24, 2.45) is 5.73 Å². The number of carbonyl (C=O) groups excluding carboxylic acids is 1. The summed E-state index contributed by atoms with van der Waals surface area (Å²) >= 11 is 0. The van der Waals surface area contributed by atoms with Crippen LogP contribution in [0.5, 0.6) is 0 Å². The van der Waals surface area contributed by atoms with Gasteiger partial charge in [0.05, 0.1) is 12.6 Å². The monoisotopic (exact) mass is 342 g/mol. The molecule has 1 fully saturated rings. The maximum absolute atomic E-state index is 13.2. The maximum Gasteiger partial charge on any atom is 0.247 e. The van der Waals surface area contributed by atoms with E-state index < -0.39 is 5.54 Å². The molecule has 1 aliphatic rings. The molecular weight excluding hydrogens is 319 g/mol. The lowest BCUT2D eigenvalue weighted by Gasteiger charge is -2.40. The van der Waals surface area contributed by atoms with Gasteiger partial charge in [0.1, 0.15) is 17.5 Å². The van der Waals surface area contributed by atoms with Gasteiger partial charge in [0.25, 0.3) is 0 Å². The zero-order valence-electron chi connectivity index (χ0n) is 14.5. The van der Waals surface area contributed by atoms with Crippen LogP contribution in [0, 0.1) is 5.82 Å². The second kappa shape index (κ2) is 6.94. The molecule has 25 heavy (non-hydrogen) atoms. The number of ether oxygens (including phenoxy) is 1. The van der Waals surface area contributed by atoms with Crippen molar-refractivity contribution < 1.29 is 13.9 Å². The van der Waals surface area contributed by atoms with E-state index in [2.05, 4.69) is 0 Å². The lowest BCUT2D eigenvalue weighted by atomic mass is 9.91. The van der Waals surface area contributed by atoms with E-state index in [1.165, 1.54) is 12.1 Å². The van der Waals surface area contributed by atoms with Gasteiger partial charge < -0.3 is 15.4 Å². The van der Waals surface area contributed by atoms with Crippen LogP contribution in [0.4, 0.5) is 4.39 Å². The Morgan fingerprint density at radius 1 is 1.16 bits per heavy atom. The highest BCUT2D eigenvalue weighted by atomic mass is 19.1. The average molecular weight is 342 g/mol. The first-order valence-electron chi connectivity index (χ1n) is 8.42.